The van der Waals surface area contributed by atoms with Crippen LogP contribution in [0.1, 0.15) is 0 Å². The lowest BCUT2D eigenvalue weighted by Crippen LogP contribution is -2.22. The van der Waals surface area contributed by atoms with Gasteiger partial charge in [0.05, 0.1) is 5.69 Å². The topological polar surface area (TPSA) is 89.6 Å². The molecule has 4 rings (SSSR count). The number of nitrogens with one attached hydrogen (secondary N) is 1. The molecule has 0 amide bonds. The fourth-order valence-electron chi connectivity index (χ4n) is 2.76. The van der Waals surface area contributed by atoms with Crippen molar-refractivity contribution >= 4 is 40.2 Å². The molecule has 0 saturated carbocycles. The summed E-state index contributed by atoms with van der Waals surface area (Å²) in [5, 5.41) is 7.55. The predicted octanol–water partition coefficient (Wildman–Crippen LogP) is 3.73. The van der Waals surface area contributed by atoms with Crippen molar-refractivity contribution < 1.29 is 0 Å². The SMILES string of the molecule is CSc1ccc(-n2c(-c3ccc(Cl)cc3)nc3n[nH]c(N)c3c2=O)cc1. The van der Waals surface area contributed by atoms with Crippen LogP contribution in [0, 0.1) is 0 Å². The van der Waals surface area contributed by atoms with Crippen molar-refractivity contribution in [2.75, 3.05) is 12.0 Å². The molecule has 8 heteroatoms. The zero-order valence-corrected chi connectivity index (χ0v) is 15.3. The van der Waals surface area contributed by atoms with Gasteiger partial charge in [0.1, 0.15) is 17.0 Å². The average Bonchev–Trinajstić information content (AvgIpc) is 3.03. The van der Waals surface area contributed by atoms with Crippen LogP contribution >= 0.6 is 23.4 Å². The minimum Gasteiger partial charge on any atom is -0.383 e. The Morgan fingerprint density at radius 1 is 1.12 bits per heavy atom. The molecule has 2 heterocycles. The number of halogens is 1. The highest BCUT2D eigenvalue weighted by molar-refractivity contribution is 7.98. The molecule has 0 saturated heterocycles. The fourth-order valence-corrected chi connectivity index (χ4v) is 3.29. The van der Waals surface area contributed by atoms with Crippen LogP contribution in [-0.4, -0.2) is 26.0 Å². The highest BCUT2D eigenvalue weighted by Gasteiger charge is 2.18. The highest BCUT2D eigenvalue weighted by atomic mass is 35.5. The van der Waals surface area contributed by atoms with E-state index in [-0.39, 0.29) is 22.4 Å². The van der Waals surface area contributed by atoms with E-state index < -0.39 is 0 Å². The highest BCUT2D eigenvalue weighted by Crippen LogP contribution is 2.25. The first kappa shape index (κ1) is 16.7. The van der Waals surface area contributed by atoms with Crippen molar-refractivity contribution in [3.05, 3.63) is 63.9 Å². The first-order valence-corrected chi connectivity index (χ1v) is 9.35. The zero-order chi connectivity index (χ0) is 18.3. The molecule has 6 nitrogen and oxygen atoms in total. The van der Waals surface area contributed by atoms with Gasteiger partial charge in [-0.1, -0.05) is 11.6 Å². The molecule has 26 heavy (non-hydrogen) atoms. The first-order valence-electron chi connectivity index (χ1n) is 7.75. The summed E-state index contributed by atoms with van der Waals surface area (Å²) in [6.45, 7) is 0. The molecule has 0 bridgehead atoms. The number of benzene rings is 2. The number of anilines is 1. The van der Waals surface area contributed by atoms with Gasteiger partial charge >= 0.3 is 0 Å². The Morgan fingerprint density at radius 2 is 1.81 bits per heavy atom. The van der Waals surface area contributed by atoms with Crippen molar-refractivity contribution in [1.82, 2.24) is 19.7 Å². The standard InChI is InChI=1S/C18H14ClN5OS/c1-26-13-8-6-12(7-9-13)24-17(10-2-4-11(19)5-3-10)21-16-14(18(24)25)15(20)22-23-16/h2-9H,1H3,(H3,20,22,23). The van der Waals surface area contributed by atoms with Crippen LogP contribution in [0.5, 0.6) is 0 Å². The van der Waals surface area contributed by atoms with Crippen LogP contribution in [0.15, 0.2) is 58.2 Å². The summed E-state index contributed by atoms with van der Waals surface area (Å²) in [6.07, 6.45) is 2.00. The molecule has 0 fully saturated rings. The number of H-pyrrole nitrogens is 1. The number of rotatable bonds is 3. The third-order valence-corrected chi connectivity index (χ3v) is 5.04. The average molecular weight is 384 g/mol. The van der Waals surface area contributed by atoms with Crippen LogP contribution in [-0.2, 0) is 0 Å². The Morgan fingerprint density at radius 3 is 2.46 bits per heavy atom. The van der Waals surface area contributed by atoms with Crippen LogP contribution < -0.4 is 11.3 Å². The molecule has 0 radical (unpaired) electrons. The van der Waals surface area contributed by atoms with Gasteiger partial charge in [0.2, 0.25) is 0 Å². The van der Waals surface area contributed by atoms with Gasteiger partial charge < -0.3 is 5.73 Å². The monoisotopic (exact) mass is 383 g/mol. The van der Waals surface area contributed by atoms with Crippen LogP contribution in [0.2, 0.25) is 5.02 Å². The van der Waals surface area contributed by atoms with Gasteiger partial charge in [0.25, 0.3) is 5.56 Å². The molecule has 3 N–H and O–H groups in total. The van der Waals surface area contributed by atoms with Crippen molar-refractivity contribution in [3.63, 3.8) is 0 Å². The Kier molecular flexibility index (Phi) is 4.18. The van der Waals surface area contributed by atoms with Gasteiger partial charge in [0, 0.05) is 15.5 Å². The number of nitrogens with two attached hydrogens (primary N) is 1. The molecule has 0 aliphatic heterocycles. The van der Waals surface area contributed by atoms with E-state index in [1.165, 1.54) is 0 Å². The second kappa shape index (κ2) is 6.51. The summed E-state index contributed by atoms with van der Waals surface area (Å²) in [6, 6.07) is 14.8. The number of aromatic amines is 1. The lowest BCUT2D eigenvalue weighted by Gasteiger charge is -2.13. The molecule has 130 valence electrons. The summed E-state index contributed by atoms with van der Waals surface area (Å²) in [5.74, 6) is 0.678. The number of aromatic nitrogens is 4. The molecule has 0 aliphatic carbocycles. The smallest absolute Gasteiger partial charge is 0.271 e. The second-order valence-electron chi connectivity index (χ2n) is 5.62. The van der Waals surface area contributed by atoms with E-state index >= 15 is 0 Å². The van der Waals surface area contributed by atoms with Crippen LogP contribution in [0.3, 0.4) is 0 Å². The predicted molar refractivity (Wildman–Crippen MR) is 106 cm³/mol. The number of hydrogen-bond acceptors (Lipinski definition) is 5. The lowest BCUT2D eigenvalue weighted by molar-refractivity contribution is 0.968. The van der Waals surface area contributed by atoms with Crippen molar-refractivity contribution in [2.24, 2.45) is 0 Å². The van der Waals surface area contributed by atoms with Crippen LogP contribution in [0.4, 0.5) is 5.82 Å². The van der Waals surface area contributed by atoms with Gasteiger partial charge in [-0.2, -0.15) is 5.10 Å². The van der Waals surface area contributed by atoms with E-state index in [1.54, 1.807) is 28.5 Å². The van der Waals surface area contributed by atoms with Crippen molar-refractivity contribution in [1.29, 1.82) is 0 Å². The van der Waals surface area contributed by atoms with E-state index in [1.807, 2.05) is 42.7 Å². The Bertz CT molecular complexity index is 1150. The zero-order valence-electron chi connectivity index (χ0n) is 13.7. The quantitative estimate of drug-likeness (QED) is 0.526. The van der Waals surface area contributed by atoms with Gasteiger partial charge in [-0.25, -0.2) is 4.98 Å². The molecular weight excluding hydrogens is 370 g/mol. The Labute approximate surface area is 158 Å². The summed E-state index contributed by atoms with van der Waals surface area (Å²) in [5.41, 5.74) is 7.35. The number of nitrogens with zero attached hydrogens (tertiary/aromatic N) is 3. The summed E-state index contributed by atoms with van der Waals surface area (Å²) >= 11 is 7.63. The summed E-state index contributed by atoms with van der Waals surface area (Å²) in [7, 11) is 0. The van der Waals surface area contributed by atoms with E-state index in [0.29, 0.717) is 16.5 Å². The van der Waals surface area contributed by atoms with Gasteiger partial charge in [-0.3, -0.25) is 14.5 Å². The van der Waals surface area contributed by atoms with Gasteiger partial charge in [0.15, 0.2) is 5.65 Å². The molecule has 2 aromatic heterocycles. The lowest BCUT2D eigenvalue weighted by atomic mass is 10.2. The largest absolute Gasteiger partial charge is 0.383 e. The fraction of sp³-hybridized carbons (Fsp3) is 0.0556. The molecule has 0 spiro atoms. The maximum atomic E-state index is 13.2. The molecule has 0 unspecified atom stereocenters. The summed E-state index contributed by atoms with van der Waals surface area (Å²) in [4.78, 5) is 18.8. The molecule has 0 atom stereocenters. The minimum atomic E-state index is -0.275. The van der Waals surface area contributed by atoms with Gasteiger partial charge in [-0.15, -0.1) is 11.8 Å². The Hall–Kier alpha value is -2.77. The van der Waals surface area contributed by atoms with E-state index in [4.69, 9.17) is 17.3 Å². The van der Waals surface area contributed by atoms with Crippen molar-refractivity contribution in [2.45, 2.75) is 4.90 Å². The Balaban J connectivity index is 2.05. The number of hydrogen-bond donors (Lipinski definition) is 2. The third-order valence-electron chi connectivity index (χ3n) is 4.05. The molecule has 2 aromatic carbocycles. The maximum Gasteiger partial charge on any atom is 0.271 e. The number of fused-ring (bicyclic) bond motifs is 1. The maximum absolute atomic E-state index is 13.2. The third kappa shape index (κ3) is 2.75. The summed E-state index contributed by atoms with van der Waals surface area (Å²) < 4.78 is 1.54. The molecule has 0 aliphatic rings. The second-order valence-corrected chi connectivity index (χ2v) is 6.93. The van der Waals surface area contributed by atoms with E-state index in [0.717, 1.165) is 10.5 Å². The minimum absolute atomic E-state index is 0.203. The normalized spacial score (nSPS) is 11.2. The van der Waals surface area contributed by atoms with Gasteiger partial charge in [-0.05, 0) is 54.8 Å². The number of nitrogen functional groups attached to an aromatic ring is 1. The molecule has 4 aromatic rings. The van der Waals surface area contributed by atoms with Crippen LogP contribution in [0.25, 0.3) is 28.1 Å². The molecular formula is C18H14ClN5OS. The van der Waals surface area contributed by atoms with E-state index in [2.05, 4.69) is 15.2 Å². The number of thioether (sulfide) groups is 1. The van der Waals surface area contributed by atoms with Crippen molar-refractivity contribution in [3.8, 4) is 17.1 Å². The first-order chi connectivity index (χ1) is 12.6. The van der Waals surface area contributed by atoms with E-state index in [9.17, 15) is 4.79 Å².